The van der Waals surface area contributed by atoms with E-state index in [1.165, 1.54) is 12.7 Å². The van der Waals surface area contributed by atoms with Crippen molar-refractivity contribution >= 4 is 12.0 Å². The highest BCUT2D eigenvalue weighted by Crippen LogP contribution is 2.29. The van der Waals surface area contributed by atoms with E-state index in [9.17, 15) is 9.59 Å². The van der Waals surface area contributed by atoms with Gasteiger partial charge in [-0.2, -0.15) is 0 Å². The van der Waals surface area contributed by atoms with Crippen LogP contribution in [0.4, 0.5) is 4.79 Å². The van der Waals surface area contributed by atoms with Crippen molar-refractivity contribution < 1.29 is 19.1 Å². The van der Waals surface area contributed by atoms with Gasteiger partial charge >= 0.3 is 12.0 Å². The molecule has 0 aromatic heterocycles. The van der Waals surface area contributed by atoms with Crippen molar-refractivity contribution in [3.63, 3.8) is 0 Å². The second-order valence-corrected chi connectivity index (χ2v) is 6.91. The van der Waals surface area contributed by atoms with Gasteiger partial charge in [-0.05, 0) is 30.4 Å². The maximum Gasteiger partial charge on any atom is 0.316 e. The topological polar surface area (TPSA) is 76.7 Å². The zero-order valence-corrected chi connectivity index (χ0v) is 15.4. The molecule has 6 nitrogen and oxygen atoms in total. The van der Waals surface area contributed by atoms with Gasteiger partial charge in [-0.15, -0.1) is 0 Å². The molecule has 1 saturated heterocycles. The average molecular weight is 348 g/mol. The fraction of sp³-hybridized carbons (Fsp3) is 0.579. The Morgan fingerprint density at radius 3 is 2.48 bits per heavy atom. The number of nitrogens with one attached hydrogen (secondary N) is 2. The summed E-state index contributed by atoms with van der Waals surface area (Å²) in [4.78, 5) is 24.3. The van der Waals surface area contributed by atoms with Gasteiger partial charge in [-0.1, -0.05) is 38.1 Å². The molecule has 2 N–H and O–H groups in total. The van der Waals surface area contributed by atoms with Gasteiger partial charge in [0.2, 0.25) is 0 Å². The highest BCUT2D eigenvalue weighted by Gasteiger charge is 2.43. The molecule has 25 heavy (non-hydrogen) atoms. The lowest BCUT2D eigenvalue weighted by Crippen LogP contribution is -2.47. The van der Waals surface area contributed by atoms with Gasteiger partial charge in [0.25, 0.3) is 0 Å². The SMILES string of the molecule is COC(=O)C1(CNC(=O)NC(C)c2ccccc2C(C)C)CCOC1. The fourth-order valence-corrected chi connectivity index (χ4v) is 3.20. The van der Waals surface area contributed by atoms with Gasteiger partial charge < -0.3 is 20.1 Å². The number of hydrogen-bond donors (Lipinski definition) is 2. The van der Waals surface area contributed by atoms with Crippen LogP contribution in [0.15, 0.2) is 24.3 Å². The number of carbonyl (C=O) groups excluding carboxylic acids is 2. The molecule has 2 unspecified atom stereocenters. The van der Waals surface area contributed by atoms with Crippen LogP contribution in [0.2, 0.25) is 0 Å². The predicted octanol–water partition coefficient (Wildman–Crippen LogP) is 2.75. The quantitative estimate of drug-likeness (QED) is 0.775. The number of urea groups is 1. The molecule has 2 rings (SSSR count). The van der Waals surface area contributed by atoms with Crippen LogP contribution in [0.25, 0.3) is 0 Å². The number of rotatable bonds is 6. The lowest BCUT2D eigenvalue weighted by atomic mass is 9.87. The van der Waals surface area contributed by atoms with Gasteiger partial charge in [0.05, 0.1) is 19.8 Å². The van der Waals surface area contributed by atoms with Crippen LogP contribution in [0.3, 0.4) is 0 Å². The van der Waals surface area contributed by atoms with E-state index in [2.05, 4.69) is 30.5 Å². The van der Waals surface area contributed by atoms with E-state index in [4.69, 9.17) is 9.47 Å². The van der Waals surface area contributed by atoms with Crippen molar-refractivity contribution in [2.75, 3.05) is 26.9 Å². The Morgan fingerprint density at radius 2 is 1.92 bits per heavy atom. The lowest BCUT2D eigenvalue weighted by molar-refractivity contribution is -0.152. The number of carbonyl (C=O) groups is 2. The monoisotopic (exact) mass is 348 g/mol. The zero-order chi connectivity index (χ0) is 18.4. The zero-order valence-electron chi connectivity index (χ0n) is 15.4. The largest absolute Gasteiger partial charge is 0.468 e. The van der Waals surface area contributed by atoms with Crippen LogP contribution in [0, 0.1) is 5.41 Å². The van der Waals surface area contributed by atoms with Crippen molar-refractivity contribution in [2.24, 2.45) is 5.41 Å². The molecule has 1 fully saturated rings. The number of methoxy groups -OCH3 is 1. The van der Waals surface area contributed by atoms with Crippen molar-refractivity contribution in [2.45, 2.75) is 39.2 Å². The standard InChI is InChI=1S/C19H28N2O4/c1-13(2)15-7-5-6-8-16(15)14(3)21-18(23)20-11-19(17(22)24-4)9-10-25-12-19/h5-8,13-14H,9-12H2,1-4H3,(H2,20,21,23). The molecule has 1 aromatic carbocycles. The number of ether oxygens (including phenoxy) is 2. The van der Waals surface area contributed by atoms with Gasteiger partial charge in [0.1, 0.15) is 5.41 Å². The normalized spacial score (nSPS) is 21.0. The minimum Gasteiger partial charge on any atom is -0.468 e. The Kier molecular flexibility index (Phi) is 6.42. The number of hydrogen-bond acceptors (Lipinski definition) is 4. The first kappa shape index (κ1) is 19.2. The Morgan fingerprint density at radius 1 is 1.24 bits per heavy atom. The van der Waals surface area contributed by atoms with Crippen LogP contribution in [0.1, 0.15) is 50.3 Å². The maximum atomic E-state index is 12.3. The molecule has 2 amide bonds. The van der Waals surface area contributed by atoms with Crippen molar-refractivity contribution in [3.8, 4) is 0 Å². The number of amides is 2. The molecular formula is C19H28N2O4. The first-order chi connectivity index (χ1) is 11.9. The molecule has 0 spiro atoms. The van der Waals surface area contributed by atoms with E-state index in [0.29, 0.717) is 18.9 Å². The molecule has 1 heterocycles. The molecule has 0 aliphatic carbocycles. The van der Waals surface area contributed by atoms with E-state index < -0.39 is 5.41 Å². The molecular weight excluding hydrogens is 320 g/mol. The summed E-state index contributed by atoms with van der Waals surface area (Å²) in [7, 11) is 1.35. The maximum absolute atomic E-state index is 12.3. The first-order valence-electron chi connectivity index (χ1n) is 8.69. The van der Waals surface area contributed by atoms with E-state index in [1.54, 1.807) is 0 Å². The summed E-state index contributed by atoms with van der Waals surface area (Å²) in [6, 6.07) is 7.65. The minimum atomic E-state index is -0.787. The molecule has 0 radical (unpaired) electrons. The van der Waals surface area contributed by atoms with Crippen LogP contribution in [0.5, 0.6) is 0 Å². The Labute approximate surface area is 149 Å². The van der Waals surface area contributed by atoms with Crippen LogP contribution >= 0.6 is 0 Å². The second-order valence-electron chi connectivity index (χ2n) is 6.91. The highest BCUT2D eigenvalue weighted by molar-refractivity contribution is 5.80. The summed E-state index contributed by atoms with van der Waals surface area (Å²) < 4.78 is 10.2. The smallest absolute Gasteiger partial charge is 0.316 e. The van der Waals surface area contributed by atoms with E-state index in [-0.39, 0.29) is 31.2 Å². The van der Waals surface area contributed by atoms with E-state index >= 15 is 0 Å². The van der Waals surface area contributed by atoms with E-state index in [1.807, 2.05) is 25.1 Å². The molecule has 1 aliphatic rings. The Hall–Kier alpha value is -2.08. The molecule has 1 aromatic rings. The number of benzene rings is 1. The summed E-state index contributed by atoms with van der Waals surface area (Å²) in [6.45, 7) is 7.18. The minimum absolute atomic E-state index is 0.132. The third-order valence-electron chi connectivity index (χ3n) is 4.74. The molecule has 2 atom stereocenters. The third kappa shape index (κ3) is 4.51. The lowest BCUT2D eigenvalue weighted by Gasteiger charge is -2.25. The third-order valence-corrected chi connectivity index (χ3v) is 4.74. The molecule has 6 heteroatoms. The van der Waals surface area contributed by atoms with E-state index in [0.717, 1.165) is 5.56 Å². The van der Waals surface area contributed by atoms with Gasteiger partial charge in [0, 0.05) is 13.2 Å². The van der Waals surface area contributed by atoms with Gasteiger partial charge in [0.15, 0.2) is 0 Å². The summed E-state index contributed by atoms with van der Waals surface area (Å²) >= 11 is 0. The fourth-order valence-electron chi connectivity index (χ4n) is 3.20. The molecule has 0 bridgehead atoms. The van der Waals surface area contributed by atoms with Crippen LogP contribution in [-0.2, 0) is 14.3 Å². The van der Waals surface area contributed by atoms with Crippen molar-refractivity contribution in [3.05, 3.63) is 35.4 Å². The van der Waals surface area contributed by atoms with Crippen LogP contribution in [-0.4, -0.2) is 38.9 Å². The molecule has 1 aliphatic heterocycles. The molecule has 138 valence electrons. The predicted molar refractivity (Wildman–Crippen MR) is 95.4 cm³/mol. The highest BCUT2D eigenvalue weighted by atomic mass is 16.5. The van der Waals surface area contributed by atoms with Gasteiger partial charge in [-0.3, -0.25) is 4.79 Å². The second kappa shape index (κ2) is 8.34. The van der Waals surface area contributed by atoms with Crippen molar-refractivity contribution in [1.82, 2.24) is 10.6 Å². The average Bonchev–Trinajstić information content (AvgIpc) is 3.09. The summed E-state index contributed by atoms with van der Waals surface area (Å²) in [5.41, 5.74) is 1.52. The summed E-state index contributed by atoms with van der Waals surface area (Å²) in [5, 5.41) is 5.75. The first-order valence-corrected chi connectivity index (χ1v) is 8.69. The van der Waals surface area contributed by atoms with Crippen molar-refractivity contribution in [1.29, 1.82) is 0 Å². The Bertz CT molecular complexity index is 609. The van der Waals surface area contributed by atoms with Gasteiger partial charge in [-0.25, -0.2) is 4.79 Å². The Balaban J connectivity index is 1.97. The van der Waals surface area contributed by atoms with Crippen LogP contribution < -0.4 is 10.6 Å². The summed E-state index contributed by atoms with van der Waals surface area (Å²) in [6.07, 6.45) is 0.547. The molecule has 0 saturated carbocycles. The summed E-state index contributed by atoms with van der Waals surface area (Å²) in [5.74, 6) is 0.0326. The number of esters is 1.